The van der Waals surface area contributed by atoms with Crippen LogP contribution in [0.5, 0.6) is 23.0 Å². The fourth-order valence-electron chi connectivity index (χ4n) is 13.9. The number of aliphatic hydroxyl groups excluding tert-OH is 1. The van der Waals surface area contributed by atoms with E-state index in [1.807, 2.05) is 11.0 Å². The molecule has 0 spiro atoms. The molecule has 4 aliphatic rings. The molecule has 4 saturated heterocycles. The number of alkyl halides is 12. The second-order valence-electron chi connectivity index (χ2n) is 30.0. The van der Waals surface area contributed by atoms with Crippen LogP contribution in [0.4, 0.5) is 81.1 Å². The predicted octanol–water partition coefficient (Wildman–Crippen LogP) is 17.0. The number of halogens is 12. The van der Waals surface area contributed by atoms with Crippen LogP contribution in [0, 0.1) is 24.7 Å². The van der Waals surface area contributed by atoms with Gasteiger partial charge in [0.15, 0.2) is 0 Å². The number of rotatable bonds is 24. The molecule has 5 N–H and O–H groups in total. The number of nitrogens with zero attached hydrogens (tertiary/aromatic N) is 18. The van der Waals surface area contributed by atoms with Crippen LogP contribution in [0.15, 0.2) is 202 Å². The van der Waals surface area contributed by atoms with Crippen LogP contribution in [0.25, 0.3) is 45.0 Å². The van der Waals surface area contributed by atoms with Crippen LogP contribution in [0.2, 0.25) is 0 Å². The SMILES string of the molecule is C[C@@H]1CCN(c2ncc(C(=O)Nc3ccc(OC(F)(F)Cl)cc3)cc2-c2cccnn2)C1.C[C@@H]1CCN(c2ncc(C(=O)Nc3ccc(OC(F)(F)Cl)cc3)cc2-c2cnccn2)C1.C[C@@H]1CCN(c2ncc(C(=O)Nc3ccc(OC(F)(F)Cl)cc3)cc2-c2cncnn2)C1.Cc1ncc(-c2cc(C(=O)Nc3ccc(OC(F)(F)Cl)cc3)cnc2N2CC[C@@H](O)C2)nn1. The highest BCUT2D eigenvalue weighted by Crippen LogP contribution is 2.39. The molecule has 0 aliphatic carbocycles. The van der Waals surface area contributed by atoms with Crippen molar-refractivity contribution in [1.29, 1.82) is 0 Å². The number of hydrogen-bond donors (Lipinski definition) is 5. The van der Waals surface area contributed by atoms with Gasteiger partial charge in [0, 0.05) is 187 Å². The number of amides is 4. The Hall–Kier alpha value is -13.5. The number of anilines is 8. The Labute approximate surface area is 751 Å². The van der Waals surface area contributed by atoms with Crippen molar-refractivity contribution in [3.63, 3.8) is 0 Å². The number of carbonyl (C=O) groups excluding carboxylic acids is 4. The third-order valence-corrected chi connectivity index (χ3v) is 20.2. The number of hydrogen-bond acceptors (Lipinski definition) is 27. The van der Waals surface area contributed by atoms with Crippen molar-refractivity contribution in [3.05, 3.63) is 230 Å². The maximum atomic E-state index is 12.8. The molecule has 31 nitrogen and oxygen atoms in total. The van der Waals surface area contributed by atoms with E-state index < -0.39 is 52.0 Å². The molecule has 670 valence electrons. The lowest BCUT2D eigenvalue weighted by molar-refractivity contribution is -0.0972. The highest BCUT2D eigenvalue weighted by Gasteiger charge is 2.34. The number of ether oxygens (including phenoxy) is 4. The van der Waals surface area contributed by atoms with Gasteiger partial charge in [-0.2, -0.15) is 10.2 Å². The second-order valence-corrected chi connectivity index (χ2v) is 31.7. The third kappa shape index (κ3) is 26.8. The van der Waals surface area contributed by atoms with Gasteiger partial charge in [0.25, 0.3) is 23.6 Å². The predicted molar refractivity (Wildman–Crippen MR) is 465 cm³/mol. The van der Waals surface area contributed by atoms with Gasteiger partial charge in [0.1, 0.15) is 69.8 Å². The maximum absolute atomic E-state index is 12.8. The minimum atomic E-state index is -3.83. The monoisotopic (exact) mass is 1850 g/mol. The number of β-amino-alcohol motifs (C(OH)–C–C–N with tert-alkyl or cyclic N) is 1. The van der Waals surface area contributed by atoms with Crippen LogP contribution in [-0.2, 0) is 0 Å². The first-order valence-corrected chi connectivity index (χ1v) is 41.2. The van der Waals surface area contributed by atoms with Gasteiger partial charge in [-0.05, 0) is 184 Å². The average Bonchev–Trinajstić information content (AvgIpc) is 1.57. The van der Waals surface area contributed by atoms with Gasteiger partial charge in [-0.3, -0.25) is 29.1 Å². The molecule has 4 atom stereocenters. The van der Waals surface area contributed by atoms with Gasteiger partial charge in [-0.25, -0.2) is 29.9 Å². The van der Waals surface area contributed by atoms with Crippen LogP contribution in [0.1, 0.15) is 93.7 Å². The van der Waals surface area contributed by atoms with Gasteiger partial charge in [0.2, 0.25) is 0 Å². The summed E-state index contributed by atoms with van der Waals surface area (Å²) < 4.78 is 119. The number of pyridine rings is 4. The number of aryl methyl sites for hydroxylation is 1. The summed E-state index contributed by atoms with van der Waals surface area (Å²) in [5.41, 5.74) is -7.69. The van der Waals surface area contributed by atoms with Gasteiger partial charge >= 0.3 is 22.3 Å². The Kier molecular flexibility index (Phi) is 30.0. The Morgan fingerprint density at radius 2 is 0.705 bits per heavy atom. The van der Waals surface area contributed by atoms with Crippen LogP contribution in [-0.4, -0.2) is 180 Å². The molecule has 0 radical (unpaired) electrons. The van der Waals surface area contributed by atoms with E-state index in [9.17, 15) is 59.4 Å². The molecule has 129 heavy (non-hydrogen) atoms. The summed E-state index contributed by atoms with van der Waals surface area (Å²) in [5, 5.41) is 45.0. The topological polar surface area (TPSA) is 367 Å². The van der Waals surface area contributed by atoms with Gasteiger partial charge < -0.3 is 64.9 Å². The first-order valence-electron chi connectivity index (χ1n) is 39.7. The average molecular weight is 1860 g/mol. The normalized spacial score (nSPS) is 16.1. The Morgan fingerprint density at radius 1 is 0.372 bits per heavy atom. The number of carbonyl (C=O) groups is 4. The quantitative estimate of drug-likeness (QED) is 0.0277. The first-order chi connectivity index (χ1) is 61.5. The molecule has 4 aromatic carbocycles. The Morgan fingerprint density at radius 3 is 0.992 bits per heavy atom. The van der Waals surface area contributed by atoms with E-state index in [0.717, 1.165) is 76.0 Å². The number of aliphatic hydroxyl groups is 1. The lowest BCUT2D eigenvalue weighted by Crippen LogP contribution is -2.23. The Balaban J connectivity index is 0.000000147. The molecule has 0 unspecified atom stereocenters. The van der Waals surface area contributed by atoms with Crippen LogP contribution < -0.4 is 59.8 Å². The number of aromatic nitrogens is 14. The molecule has 4 aliphatic heterocycles. The van der Waals surface area contributed by atoms with Crippen molar-refractivity contribution in [1.82, 2.24) is 70.5 Å². The Bertz CT molecular complexity index is 5430. The molecule has 12 aromatic rings. The summed E-state index contributed by atoms with van der Waals surface area (Å²) in [5.74, 6) is 2.71. The molecular weight excluding hydrogens is 1780 g/mol. The molecule has 8 aromatic heterocycles. The maximum Gasteiger partial charge on any atom is 0.487 e. The van der Waals surface area contributed by atoms with Gasteiger partial charge in [-0.15, -0.1) is 55.5 Å². The van der Waals surface area contributed by atoms with Crippen molar-refractivity contribution >= 4 is 116 Å². The van der Waals surface area contributed by atoms with Gasteiger partial charge in [0.05, 0.1) is 58.3 Å². The fraction of sp³-hybridized carbons (Fsp3) is 0.279. The third-order valence-electron chi connectivity index (χ3n) is 19.9. The number of benzene rings is 4. The van der Waals surface area contributed by atoms with Crippen molar-refractivity contribution in [2.75, 3.05) is 93.2 Å². The zero-order valence-corrected chi connectivity index (χ0v) is 71.7. The van der Waals surface area contributed by atoms with Crippen molar-refractivity contribution in [2.45, 2.75) is 81.8 Å². The zero-order valence-electron chi connectivity index (χ0n) is 68.6. The highest BCUT2D eigenvalue weighted by atomic mass is 35.5. The molecule has 12 heterocycles. The molecule has 0 bridgehead atoms. The summed E-state index contributed by atoms with van der Waals surface area (Å²) in [7, 11) is 0. The zero-order chi connectivity index (χ0) is 91.7. The summed E-state index contributed by atoms with van der Waals surface area (Å²) in [6.45, 7) is 14.5. The molecule has 0 saturated carbocycles. The van der Waals surface area contributed by atoms with Crippen LogP contribution >= 0.6 is 46.4 Å². The lowest BCUT2D eigenvalue weighted by atomic mass is 10.1. The number of nitrogens with one attached hydrogen (secondary N) is 4. The van der Waals surface area contributed by atoms with Crippen molar-refractivity contribution < 1.29 is 78.4 Å². The van der Waals surface area contributed by atoms with E-state index in [1.54, 1.807) is 74.4 Å². The van der Waals surface area contributed by atoms with E-state index in [0.29, 0.717) is 133 Å². The minimum absolute atomic E-state index is 0.126. The van der Waals surface area contributed by atoms with E-state index in [2.05, 4.69) is 146 Å². The van der Waals surface area contributed by atoms with Crippen LogP contribution in [0.3, 0.4) is 0 Å². The smallest absolute Gasteiger partial charge is 0.420 e. The van der Waals surface area contributed by atoms with Gasteiger partial charge in [-0.1, -0.05) is 20.8 Å². The molecule has 16 rings (SSSR count). The van der Waals surface area contributed by atoms with E-state index in [1.165, 1.54) is 128 Å². The minimum Gasteiger partial charge on any atom is -0.420 e. The largest absolute Gasteiger partial charge is 0.487 e. The van der Waals surface area contributed by atoms with Crippen molar-refractivity contribution in [3.8, 4) is 68.0 Å². The van der Waals surface area contributed by atoms with E-state index >= 15 is 0 Å². The van der Waals surface area contributed by atoms with Crippen molar-refractivity contribution in [2.24, 2.45) is 17.8 Å². The summed E-state index contributed by atoms with van der Waals surface area (Å²) in [6, 6.07) is 32.0. The summed E-state index contributed by atoms with van der Waals surface area (Å²) in [6.07, 6.45) is 20.1. The van der Waals surface area contributed by atoms with E-state index in [4.69, 9.17) is 46.4 Å². The lowest BCUT2D eigenvalue weighted by Gasteiger charge is -2.21. The molecule has 43 heteroatoms. The molecular formula is C86H78Cl4F8N22O9. The standard InChI is InChI=1S/2C22H20ClF2N5O2.C21H19ClF2N6O3.C21H19ClF2N6O2/c1-14-6-9-30(13-14)20-18(19-12-26-7-8-27-19)10-15(11-28-20)21(31)29-16-2-4-17(5-3-16)32-22(23,24)25;1-14-8-10-30(13-14)20-18(19-3-2-9-27-29-19)11-15(12-26-20)21(31)28-16-4-6-17(7-5-16)32-22(23,24)25;1-12-25-10-18(29-28-12)17-8-13(9-26-19(17)30-7-6-15(31)11-30)20(32)27-14-2-4-16(5-3-14)33-21(22,23)24;1-13-6-7-30(11-13)19-17(18-10-25-12-27-29-18)8-14(9-26-19)20(31)28-15-2-4-16(5-3-15)32-21(22,23)24/h2-5,7-8,10-12,14H,6,9,13H2,1H3,(H,29,31);2-7,9,11-12,14H,8,10,13H2,1H3,(H,28,31);2-5,8-10,15,31H,6-7,11H2,1H3,(H,27,32);2-5,8-10,12-13H,6-7,11H2,1H3,(H,28,31)/t2*14-;15-;13-/m1111/s1. The van der Waals surface area contributed by atoms with E-state index in [-0.39, 0.29) is 28.6 Å². The first kappa shape index (κ1) is 93.1. The second kappa shape index (κ2) is 41.5. The molecule has 4 amide bonds. The fourth-order valence-corrected chi connectivity index (χ4v) is 14.2. The summed E-state index contributed by atoms with van der Waals surface area (Å²) >= 11 is 19.0. The molecule has 4 fully saturated rings. The summed E-state index contributed by atoms with van der Waals surface area (Å²) in [4.78, 5) is 94.5. The highest BCUT2D eigenvalue weighted by molar-refractivity contribution is 6.21.